The van der Waals surface area contributed by atoms with Crippen molar-refractivity contribution in [3.8, 4) is 5.75 Å². The first-order valence-electron chi connectivity index (χ1n) is 27.6. The van der Waals surface area contributed by atoms with Crippen LogP contribution >= 0.6 is 0 Å². The fraction of sp³-hybridized carbons (Fsp3) is 0.831. The largest absolute Gasteiger partial charge is 0.497 e. The highest BCUT2D eigenvalue weighted by molar-refractivity contribution is 6.75. The molecule has 1 heterocycles. The average Bonchev–Trinajstić information content (AvgIpc) is 3.28. The Labute approximate surface area is 451 Å². The van der Waals surface area contributed by atoms with Crippen LogP contribution in [0.2, 0.25) is 54.4 Å². The summed E-state index contributed by atoms with van der Waals surface area (Å²) in [6.45, 7) is 53.2. The predicted molar refractivity (Wildman–Crippen MR) is 310 cm³/mol. The number of hydrogen-bond acceptors (Lipinski definition) is 11. The Hall–Kier alpha value is -1.25. The summed E-state index contributed by atoms with van der Waals surface area (Å²) in [6, 6.07) is 7.99. The third-order valence-corrected chi connectivity index (χ3v) is 30.6. The van der Waals surface area contributed by atoms with E-state index < -0.39 is 31.2 Å². The van der Waals surface area contributed by atoms with Crippen molar-refractivity contribution in [3.63, 3.8) is 0 Å². The van der Waals surface area contributed by atoms with Crippen molar-refractivity contribution in [3.05, 3.63) is 53.6 Å². The van der Waals surface area contributed by atoms with Gasteiger partial charge in [0.25, 0.3) is 0 Å². The highest BCUT2D eigenvalue weighted by Gasteiger charge is 2.51. The summed E-state index contributed by atoms with van der Waals surface area (Å²) in [4.78, 5) is 0. The lowest BCUT2D eigenvalue weighted by Gasteiger charge is -2.51. The molecule has 1 aromatic rings. The fourth-order valence-electron chi connectivity index (χ4n) is 9.33. The topological polar surface area (TPSA) is 113 Å². The molecule has 2 rings (SSSR count). The maximum absolute atomic E-state index is 10.5. The van der Waals surface area contributed by atoms with Crippen molar-refractivity contribution in [2.24, 2.45) is 41.4 Å². The molecule has 0 spiro atoms. The molecule has 0 bridgehead atoms. The van der Waals surface area contributed by atoms with Gasteiger partial charge in [0.15, 0.2) is 31.2 Å². The molecule has 1 fully saturated rings. The number of rotatable bonds is 30. The smallest absolute Gasteiger partial charge is 0.195 e. The molecule has 1 saturated heterocycles. The Kier molecular flexibility index (Phi) is 27.1. The first kappa shape index (κ1) is 67.9. The van der Waals surface area contributed by atoms with Crippen LogP contribution in [0, 0.1) is 41.4 Å². The molecule has 1 aliphatic heterocycles. The van der Waals surface area contributed by atoms with Gasteiger partial charge in [0.1, 0.15) is 19.3 Å². The first-order valence-corrected chi connectivity index (χ1v) is 36.3. The van der Waals surface area contributed by atoms with E-state index in [1.54, 1.807) is 21.3 Å². The Morgan fingerprint density at radius 3 is 1.70 bits per heavy atom. The second-order valence-corrected chi connectivity index (χ2v) is 40.9. The van der Waals surface area contributed by atoms with Gasteiger partial charge in [-0.15, -0.1) is 0 Å². The highest BCUT2D eigenvalue weighted by atomic mass is 28.4. The maximum Gasteiger partial charge on any atom is 0.195 e. The van der Waals surface area contributed by atoms with Gasteiger partial charge >= 0.3 is 0 Å². The minimum Gasteiger partial charge on any atom is -0.497 e. The maximum atomic E-state index is 10.5. The molecule has 0 aliphatic carbocycles. The summed E-state index contributed by atoms with van der Waals surface area (Å²) in [5.74, 6) is 1.09. The van der Waals surface area contributed by atoms with E-state index in [1.807, 2.05) is 24.3 Å². The molecular weight excluding hydrogens is 969 g/mol. The third-order valence-electron chi connectivity index (χ3n) is 17.2. The van der Waals surface area contributed by atoms with Crippen LogP contribution in [0.1, 0.15) is 136 Å². The summed E-state index contributed by atoms with van der Waals surface area (Å²) < 4.78 is 65.0. The second kappa shape index (κ2) is 29.1. The van der Waals surface area contributed by atoms with Crippen molar-refractivity contribution in [1.82, 2.24) is 0 Å². The van der Waals surface area contributed by atoms with Gasteiger partial charge in [-0.1, -0.05) is 147 Å². The monoisotopic (exact) mass is 1080 g/mol. The molecule has 14 atom stereocenters. The number of ether oxygens (including phenoxy) is 7. The molecule has 1 N–H and O–H groups in total. The van der Waals surface area contributed by atoms with Crippen LogP contribution in [0.25, 0.3) is 0 Å². The van der Waals surface area contributed by atoms with Gasteiger partial charge in [0.2, 0.25) is 0 Å². The summed E-state index contributed by atoms with van der Waals surface area (Å²) >= 11 is 0. The Morgan fingerprint density at radius 1 is 0.658 bits per heavy atom. The van der Waals surface area contributed by atoms with E-state index in [4.69, 9.17) is 46.4 Å². The molecular formula is C59H112O11Si3. The van der Waals surface area contributed by atoms with Gasteiger partial charge < -0.3 is 51.5 Å². The van der Waals surface area contributed by atoms with Crippen molar-refractivity contribution in [2.45, 2.75) is 234 Å². The highest BCUT2D eigenvalue weighted by Crippen LogP contribution is 2.46. The number of aliphatic hydroxyl groups is 1. The zero-order chi connectivity index (χ0) is 56.1. The van der Waals surface area contributed by atoms with E-state index in [1.165, 1.54) is 5.57 Å². The molecule has 1 aliphatic rings. The van der Waals surface area contributed by atoms with E-state index in [2.05, 4.69) is 175 Å². The number of aliphatic hydroxyl groups excluding tert-OH is 1. The Morgan fingerprint density at radius 2 is 1.19 bits per heavy atom. The van der Waals surface area contributed by atoms with Gasteiger partial charge in [-0.25, -0.2) is 0 Å². The molecule has 1 aromatic carbocycles. The van der Waals surface area contributed by atoms with Crippen LogP contribution in [0.15, 0.2) is 48.1 Å². The van der Waals surface area contributed by atoms with E-state index >= 15 is 0 Å². The minimum absolute atomic E-state index is 0.00237. The Bertz CT molecular complexity index is 1780. The molecule has 0 amide bonds. The lowest BCUT2D eigenvalue weighted by molar-refractivity contribution is -0.237. The normalized spacial score (nSPS) is 23.9. The molecule has 426 valence electrons. The van der Waals surface area contributed by atoms with E-state index in [-0.39, 0.29) is 113 Å². The van der Waals surface area contributed by atoms with Crippen LogP contribution < -0.4 is 4.74 Å². The van der Waals surface area contributed by atoms with E-state index in [9.17, 15) is 5.11 Å². The average molecular weight is 1080 g/mol. The van der Waals surface area contributed by atoms with Crippen LogP contribution in [0.4, 0.5) is 0 Å². The third kappa shape index (κ3) is 20.2. The molecule has 73 heavy (non-hydrogen) atoms. The zero-order valence-electron chi connectivity index (χ0n) is 51.4. The van der Waals surface area contributed by atoms with Crippen LogP contribution in [-0.4, -0.2) is 114 Å². The van der Waals surface area contributed by atoms with Gasteiger partial charge in [-0.3, -0.25) is 0 Å². The number of hydrogen-bond donors (Lipinski definition) is 1. The van der Waals surface area contributed by atoms with Crippen molar-refractivity contribution in [2.75, 3.05) is 41.5 Å². The van der Waals surface area contributed by atoms with Gasteiger partial charge in [0.05, 0.1) is 50.3 Å². The van der Waals surface area contributed by atoms with Crippen LogP contribution in [-0.2, 0) is 48.3 Å². The SMILES string of the molecule is COCO[C@@H]([C@@H](C)/C=C\[C@H](C[C@@H]1O[C@@H](O[Si](C)(C)C(C)(C)C)[C@H](C)[C@@H](O[Si](C)(C)C(C)(C)C)[C@H]1C)OCOC)[C@@H](C)/C=C(/C)C[C@H](C)[C@@H](O[Si](C)(C)C(C)(C)C)[C@H](C)[C@@H](OCc1ccc(OC)cc1)[C@@H](C)CO. The Balaban J connectivity index is 2.50. The fourth-order valence-corrected chi connectivity index (χ4v) is 13.5. The number of allylic oxidation sites excluding steroid dienone is 1. The lowest BCUT2D eigenvalue weighted by atomic mass is 9.81. The van der Waals surface area contributed by atoms with Crippen LogP contribution in [0.3, 0.4) is 0 Å². The number of benzene rings is 1. The molecule has 14 heteroatoms. The molecule has 0 aromatic heterocycles. The summed E-state index contributed by atoms with van der Waals surface area (Å²) in [5, 5.41) is 10.6. The summed E-state index contributed by atoms with van der Waals surface area (Å²) in [7, 11) is -1.56. The van der Waals surface area contributed by atoms with Crippen molar-refractivity contribution >= 4 is 25.0 Å². The zero-order valence-corrected chi connectivity index (χ0v) is 54.4. The first-order chi connectivity index (χ1) is 33.5. The quantitative estimate of drug-likeness (QED) is 0.0451. The van der Waals surface area contributed by atoms with E-state index in [0.29, 0.717) is 13.0 Å². The predicted octanol–water partition coefficient (Wildman–Crippen LogP) is 14.8. The summed E-state index contributed by atoms with van der Waals surface area (Å²) in [5.41, 5.74) is 2.33. The molecule has 0 saturated carbocycles. The standard InChI is InChI=1S/C59H112O11Si3/c1-40(34-43(4)54(68-71(21,22)57(9,10)11)46(7)53(44(5)36-60)64-37-48-28-31-49(63-20)32-29-48)33-42(3)52(66-39-62-19)41(2)27-30-50(65-38-61-18)35-51-45(6)55(69-72(23,24)58(12,13)14)47(8)56(67-51)70-73(25,26)59(15,16)17/h27-33,41-47,50-56,60H,34-39H2,1-26H3/b30-27-,40-33-/t41-,42-,43-,44-,45-,46+,47+,50+,51-,52-,53-,54+,55-,56-/m0/s1. The van der Waals surface area contributed by atoms with Gasteiger partial charge in [-0.2, -0.15) is 0 Å². The second-order valence-electron chi connectivity index (χ2n) is 26.7. The molecule has 11 nitrogen and oxygen atoms in total. The number of methoxy groups -OCH3 is 3. The van der Waals surface area contributed by atoms with Crippen LogP contribution in [0.5, 0.6) is 5.75 Å². The van der Waals surface area contributed by atoms with Crippen molar-refractivity contribution < 1.29 is 51.5 Å². The summed E-state index contributed by atoms with van der Waals surface area (Å²) in [6.07, 6.45) is 6.80. The van der Waals surface area contributed by atoms with Crippen molar-refractivity contribution in [1.29, 1.82) is 0 Å². The minimum atomic E-state index is -2.23. The van der Waals surface area contributed by atoms with Gasteiger partial charge in [-0.05, 0) is 91.4 Å². The van der Waals surface area contributed by atoms with E-state index in [0.717, 1.165) is 17.7 Å². The molecule has 0 unspecified atom stereocenters. The van der Waals surface area contributed by atoms with Gasteiger partial charge in [0, 0.05) is 62.8 Å². The molecule has 0 radical (unpaired) electrons. The lowest BCUT2D eigenvalue weighted by Crippen LogP contribution is -2.58.